The van der Waals surface area contributed by atoms with E-state index in [2.05, 4.69) is 8.38 Å². The molecule has 5 nitrogen and oxygen atoms in total. The minimum atomic E-state index is -0.913. The van der Waals surface area contributed by atoms with Crippen molar-refractivity contribution in [2.75, 3.05) is 6.54 Å². The van der Waals surface area contributed by atoms with Crippen molar-refractivity contribution in [1.29, 1.82) is 0 Å². The Kier molecular flexibility index (Phi) is 6.87. The molecule has 0 saturated carbocycles. The van der Waals surface area contributed by atoms with Gasteiger partial charge in [0.05, 0.1) is 0 Å². The molecule has 0 aromatic carbocycles. The summed E-state index contributed by atoms with van der Waals surface area (Å²) in [4.78, 5) is 21.3. The highest BCUT2D eigenvalue weighted by Gasteiger charge is 2.19. The number of hydrogen-bond donors (Lipinski definition) is 2. The smallest absolute Gasteiger partial charge is 0.332 e. The molecule has 13 heavy (non-hydrogen) atoms. The van der Waals surface area contributed by atoms with Crippen LogP contribution in [-0.4, -0.2) is 29.6 Å². The Morgan fingerprint density at radius 3 is 2.62 bits per heavy atom. The van der Waals surface area contributed by atoms with E-state index in [1.165, 1.54) is 23.0 Å². The zero-order chi connectivity index (χ0) is 10.3. The third-order valence-corrected chi connectivity index (χ3v) is 1.89. The standard InChI is InChI=1S/C7H12INO4/c1-2-9-5(7(12)13-8)3-4-6(10)11/h5,9H,2-4H2,1H3,(H,10,11). The lowest BCUT2D eigenvalue weighted by Crippen LogP contribution is -2.37. The predicted octanol–water partition coefficient (Wildman–Crippen LogP) is 0.723. The van der Waals surface area contributed by atoms with Crippen LogP contribution in [0.15, 0.2) is 0 Å². The topological polar surface area (TPSA) is 75.6 Å². The van der Waals surface area contributed by atoms with Gasteiger partial charge in [0.15, 0.2) is 23.0 Å². The number of likely N-dealkylation sites (N-methyl/N-ethyl adjacent to an activating group) is 1. The Balaban J connectivity index is 3.93. The number of aliphatic carboxylic acids is 1. The summed E-state index contributed by atoms with van der Waals surface area (Å²) in [5.41, 5.74) is 0. The first kappa shape index (κ1) is 12.6. The molecular weight excluding hydrogens is 289 g/mol. The van der Waals surface area contributed by atoms with Crippen molar-refractivity contribution in [1.82, 2.24) is 5.32 Å². The van der Waals surface area contributed by atoms with Crippen LogP contribution in [0.4, 0.5) is 0 Å². The molecule has 0 fully saturated rings. The zero-order valence-corrected chi connectivity index (χ0v) is 9.41. The van der Waals surface area contributed by atoms with Gasteiger partial charge in [0, 0.05) is 6.42 Å². The molecule has 0 aromatic rings. The van der Waals surface area contributed by atoms with Crippen LogP contribution >= 0.6 is 23.0 Å². The highest BCUT2D eigenvalue weighted by Crippen LogP contribution is 2.02. The number of halogens is 1. The molecular formula is C7H12INO4. The van der Waals surface area contributed by atoms with Gasteiger partial charge in [0.2, 0.25) is 0 Å². The Hall–Kier alpha value is -0.370. The fourth-order valence-corrected chi connectivity index (χ4v) is 1.18. The van der Waals surface area contributed by atoms with E-state index in [4.69, 9.17) is 5.11 Å². The summed E-state index contributed by atoms with van der Waals surface area (Å²) in [6, 6.07) is -0.516. The van der Waals surface area contributed by atoms with Crippen LogP contribution in [0.25, 0.3) is 0 Å². The fraction of sp³-hybridized carbons (Fsp3) is 0.714. The van der Waals surface area contributed by atoms with Gasteiger partial charge >= 0.3 is 11.9 Å². The first-order chi connectivity index (χ1) is 6.11. The maximum absolute atomic E-state index is 11.0. The molecule has 2 N–H and O–H groups in total. The monoisotopic (exact) mass is 301 g/mol. The molecule has 6 heteroatoms. The maximum atomic E-state index is 11.0. The predicted molar refractivity (Wildman–Crippen MR) is 54.4 cm³/mol. The van der Waals surface area contributed by atoms with Gasteiger partial charge in [-0.1, -0.05) is 6.92 Å². The van der Waals surface area contributed by atoms with E-state index in [0.29, 0.717) is 6.54 Å². The molecule has 0 aliphatic carbocycles. The summed E-state index contributed by atoms with van der Waals surface area (Å²) in [6.45, 7) is 2.45. The molecule has 0 heterocycles. The lowest BCUT2D eigenvalue weighted by molar-refractivity contribution is -0.138. The van der Waals surface area contributed by atoms with Crippen molar-refractivity contribution in [3.63, 3.8) is 0 Å². The molecule has 0 amide bonds. The summed E-state index contributed by atoms with van der Waals surface area (Å²) >= 11 is 1.49. The second kappa shape index (κ2) is 7.07. The number of carboxylic acids is 1. The van der Waals surface area contributed by atoms with E-state index in [0.717, 1.165) is 0 Å². The molecule has 76 valence electrons. The van der Waals surface area contributed by atoms with Gasteiger partial charge in [-0.2, -0.15) is 0 Å². The highest BCUT2D eigenvalue weighted by atomic mass is 127. The van der Waals surface area contributed by atoms with Gasteiger partial charge in [-0.3, -0.25) is 4.79 Å². The van der Waals surface area contributed by atoms with Crippen LogP contribution in [0.2, 0.25) is 0 Å². The van der Waals surface area contributed by atoms with E-state index in [1.54, 1.807) is 0 Å². The molecule has 0 aliphatic heterocycles. The first-order valence-electron chi connectivity index (χ1n) is 3.89. The van der Waals surface area contributed by atoms with Gasteiger partial charge in [-0.25, -0.2) is 4.79 Å². The van der Waals surface area contributed by atoms with Gasteiger partial charge in [-0.15, -0.1) is 0 Å². The fourth-order valence-electron chi connectivity index (χ4n) is 0.871. The lowest BCUT2D eigenvalue weighted by atomic mass is 10.1. The van der Waals surface area contributed by atoms with E-state index in [1.807, 2.05) is 6.92 Å². The summed E-state index contributed by atoms with van der Waals surface area (Å²) in [5, 5.41) is 11.2. The Morgan fingerprint density at radius 1 is 1.62 bits per heavy atom. The van der Waals surface area contributed by atoms with E-state index in [9.17, 15) is 9.59 Å². The Bertz CT molecular complexity index is 185. The zero-order valence-electron chi connectivity index (χ0n) is 7.25. The molecule has 0 bridgehead atoms. The molecule has 0 rings (SSSR count). The van der Waals surface area contributed by atoms with Crippen LogP contribution in [0, 0.1) is 0 Å². The van der Waals surface area contributed by atoms with Gasteiger partial charge in [-0.05, 0) is 13.0 Å². The molecule has 0 spiro atoms. The van der Waals surface area contributed by atoms with Crippen LogP contribution in [0.1, 0.15) is 19.8 Å². The Labute approximate surface area is 90.5 Å². The van der Waals surface area contributed by atoms with Crippen molar-refractivity contribution in [2.24, 2.45) is 0 Å². The molecule has 0 saturated heterocycles. The van der Waals surface area contributed by atoms with Gasteiger partial charge in [0.1, 0.15) is 6.04 Å². The van der Waals surface area contributed by atoms with Crippen molar-refractivity contribution in [2.45, 2.75) is 25.8 Å². The molecule has 0 aromatic heterocycles. The van der Waals surface area contributed by atoms with Gasteiger partial charge in [0.25, 0.3) is 0 Å². The Morgan fingerprint density at radius 2 is 2.23 bits per heavy atom. The van der Waals surface area contributed by atoms with Crippen LogP contribution in [-0.2, 0) is 12.7 Å². The van der Waals surface area contributed by atoms with Crippen LogP contribution in [0.5, 0.6) is 0 Å². The van der Waals surface area contributed by atoms with E-state index >= 15 is 0 Å². The molecule has 1 atom stereocenters. The summed E-state index contributed by atoms with van der Waals surface area (Å²) < 4.78 is 4.47. The van der Waals surface area contributed by atoms with Crippen LogP contribution < -0.4 is 5.32 Å². The third kappa shape index (κ3) is 5.81. The number of carbonyl (C=O) groups excluding carboxylic acids is 1. The first-order valence-corrected chi connectivity index (χ1v) is 4.77. The maximum Gasteiger partial charge on any atom is 0.332 e. The molecule has 1 unspecified atom stereocenters. The van der Waals surface area contributed by atoms with E-state index in [-0.39, 0.29) is 12.8 Å². The SMILES string of the molecule is CCNC(CCC(=O)O)C(=O)OI. The quantitative estimate of drug-likeness (QED) is 0.707. The number of hydrogen-bond acceptors (Lipinski definition) is 4. The second-order valence-electron chi connectivity index (χ2n) is 2.44. The number of nitrogens with one attached hydrogen (secondary N) is 1. The average Bonchev–Trinajstić information content (AvgIpc) is 2.10. The second-order valence-corrected chi connectivity index (χ2v) is 2.88. The van der Waals surface area contributed by atoms with Gasteiger partial charge < -0.3 is 13.5 Å². The normalized spacial score (nSPS) is 12.2. The minimum Gasteiger partial charge on any atom is -0.481 e. The number of carboxylic acid groups (broad SMARTS) is 1. The summed E-state index contributed by atoms with van der Waals surface area (Å²) in [5.74, 6) is -1.34. The van der Waals surface area contributed by atoms with Crippen molar-refractivity contribution >= 4 is 34.9 Å². The summed E-state index contributed by atoms with van der Waals surface area (Å²) in [7, 11) is 0. The summed E-state index contributed by atoms with van der Waals surface area (Å²) in [6.07, 6.45) is 0.217. The number of carbonyl (C=O) groups is 2. The number of rotatable bonds is 6. The van der Waals surface area contributed by atoms with Crippen molar-refractivity contribution in [3.8, 4) is 0 Å². The highest BCUT2D eigenvalue weighted by molar-refractivity contribution is 14.1. The van der Waals surface area contributed by atoms with E-state index < -0.39 is 18.0 Å². The molecule has 0 radical (unpaired) electrons. The lowest BCUT2D eigenvalue weighted by Gasteiger charge is -2.12. The third-order valence-electron chi connectivity index (χ3n) is 1.46. The van der Waals surface area contributed by atoms with Crippen molar-refractivity contribution < 1.29 is 17.8 Å². The average molecular weight is 301 g/mol. The molecule has 0 aliphatic rings. The largest absolute Gasteiger partial charge is 0.481 e. The minimum absolute atomic E-state index is 0.0383. The van der Waals surface area contributed by atoms with Crippen LogP contribution in [0.3, 0.4) is 0 Å². The van der Waals surface area contributed by atoms with Crippen molar-refractivity contribution in [3.05, 3.63) is 0 Å².